The molecule has 0 unspecified atom stereocenters. The number of ether oxygens (including phenoxy) is 1. The van der Waals surface area contributed by atoms with Crippen LogP contribution in [-0.2, 0) is 9.53 Å². The van der Waals surface area contributed by atoms with Gasteiger partial charge in [0.15, 0.2) is 0 Å². The topological polar surface area (TPSA) is 110 Å². The third-order valence-electron chi connectivity index (χ3n) is 1.57. The average Bonchev–Trinajstić information content (AvgIpc) is 2.12. The van der Waals surface area contributed by atoms with E-state index in [0.29, 0.717) is 0 Å². The lowest BCUT2D eigenvalue weighted by atomic mass is 10.1. The van der Waals surface area contributed by atoms with Gasteiger partial charge < -0.3 is 25.7 Å². The Morgan fingerprint density at radius 3 is 1.94 bits per heavy atom. The van der Waals surface area contributed by atoms with E-state index in [1.807, 2.05) is 13.8 Å². The Morgan fingerprint density at radius 2 is 1.72 bits per heavy atom. The van der Waals surface area contributed by atoms with E-state index in [-0.39, 0.29) is 36.6 Å². The normalized spacial score (nSPS) is 12.1. The van der Waals surface area contributed by atoms with Crippen LogP contribution in [0.3, 0.4) is 0 Å². The van der Waals surface area contributed by atoms with Gasteiger partial charge in [0.1, 0.15) is 12.6 Å². The number of aliphatic hydroxyl groups is 2. The highest BCUT2D eigenvalue weighted by Gasteiger charge is 2.20. The maximum atomic E-state index is 11.2. The van der Waals surface area contributed by atoms with Crippen LogP contribution in [0.4, 0.5) is 0 Å². The molecule has 0 aromatic carbocycles. The molecule has 0 rings (SSSR count). The maximum Gasteiger partial charge on any atom is 0.323 e. The molecule has 5 N–H and O–H groups in total. The standard InChI is InChI=1S/C8H17NO3.C4H10O.H2O/c1-6(2)7(9-3)8(11)12-5-4-10;1-4(2,3)5;/h6-7,9-10H,4-5H2,1-3H3;5H,1-3H3;1H2/t7-;;/m0../s1. The van der Waals surface area contributed by atoms with Crippen molar-refractivity contribution in [2.75, 3.05) is 20.3 Å². The third-order valence-corrected chi connectivity index (χ3v) is 1.57. The number of hydrogen-bond acceptors (Lipinski definition) is 5. The SMILES string of the molecule is CC(C)(C)O.CN[C@H](C(=O)OCCO)C(C)C.O. The Bertz CT molecular complexity index is 195. The van der Waals surface area contributed by atoms with E-state index in [9.17, 15) is 4.79 Å². The monoisotopic (exact) mass is 267 g/mol. The average molecular weight is 267 g/mol. The molecular weight excluding hydrogens is 238 g/mol. The van der Waals surface area contributed by atoms with Gasteiger partial charge in [-0.05, 0) is 33.7 Å². The van der Waals surface area contributed by atoms with Crippen LogP contribution in [0.15, 0.2) is 0 Å². The van der Waals surface area contributed by atoms with Gasteiger partial charge in [0, 0.05) is 0 Å². The van der Waals surface area contributed by atoms with E-state index in [1.165, 1.54) is 0 Å². The van der Waals surface area contributed by atoms with Gasteiger partial charge in [-0.1, -0.05) is 13.8 Å². The predicted molar refractivity (Wildman–Crippen MR) is 71.3 cm³/mol. The molecule has 0 spiro atoms. The quantitative estimate of drug-likeness (QED) is 0.593. The molecule has 0 aliphatic rings. The van der Waals surface area contributed by atoms with E-state index in [0.717, 1.165) is 0 Å². The van der Waals surface area contributed by atoms with Crippen LogP contribution in [0, 0.1) is 5.92 Å². The molecule has 6 nitrogen and oxygen atoms in total. The van der Waals surface area contributed by atoms with Crippen molar-refractivity contribution in [3.05, 3.63) is 0 Å². The molecular formula is C12H29NO5. The van der Waals surface area contributed by atoms with Crippen molar-refractivity contribution >= 4 is 5.97 Å². The first-order chi connectivity index (χ1) is 7.63. The van der Waals surface area contributed by atoms with E-state index in [4.69, 9.17) is 14.9 Å². The van der Waals surface area contributed by atoms with Crippen molar-refractivity contribution in [1.82, 2.24) is 5.32 Å². The minimum atomic E-state index is -0.500. The van der Waals surface area contributed by atoms with Gasteiger partial charge in [-0.3, -0.25) is 4.79 Å². The van der Waals surface area contributed by atoms with Crippen LogP contribution in [0.1, 0.15) is 34.6 Å². The lowest BCUT2D eigenvalue weighted by molar-refractivity contribution is -0.148. The maximum absolute atomic E-state index is 11.2. The minimum Gasteiger partial charge on any atom is -0.462 e. The largest absolute Gasteiger partial charge is 0.462 e. The summed E-state index contributed by atoms with van der Waals surface area (Å²) in [5, 5.41) is 19.8. The number of carbonyl (C=O) groups excluding carboxylic acids is 1. The fourth-order valence-electron chi connectivity index (χ4n) is 0.959. The molecule has 112 valence electrons. The number of hydrogen-bond donors (Lipinski definition) is 3. The van der Waals surface area contributed by atoms with Crippen molar-refractivity contribution < 1.29 is 25.2 Å². The Morgan fingerprint density at radius 1 is 1.33 bits per heavy atom. The first-order valence-corrected chi connectivity index (χ1v) is 5.80. The molecule has 0 aromatic rings. The Labute approximate surface area is 110 Å². The first-order valence-electron chi connectivity index (χ1n) is 5.80. The smallest absolute Gasteiger partial charge is 0.323 e. The van der Waals surface area contributed by atoms with Gasteiger partial charge in [-0.2, -0.15) is 0 Å². The summed E-state index contributed by atoms with van der Waals surface area (Å²) in [4.78, 5) is 11.2. The van der Waals surface area contributed by atoms with Crippen molar-refractivity contribution in [3.63, 3.8) is 0 Å². The molecule has 0 aromatic heterocycles. The van der Waals surface area contributed by atoms with Crippen LogP contribution in [0.5, 0.6) is 0 Å². The second-order valence-electron chi connectivity index (χ2n) is 5.07. The van der Waals surface area contributed by atoms with Crippen molar-refractivity contribution in [2.24, 2.45) is 5.92 Å². The van der Waals surface area contributed by atoms with Gasteiger partial charge >= 0.3 is 5.97 Å². The number of carbonyl (C=O) groups is 1. The summed E-state index contributed by atoms with van der Waals surface area (Å²) < 4.78 is 4.75. The van der Waals surface area contributed by atoms with Crippen LogP contribution in [-0.4, -0.2) is 53.6 Å². The summed E-state index contributed by atoms with van der Waals surface area (Å²) in [7, 11) is 1.71. The number of nitrogens with one attached hydrogen (secondary N) is 1. The highest BCUT2D eigenvalue weighted by atomic mass is 16.5. The summed E-state index contributed by atoms with van der Waals surface area (Å²) in [5.41, 5.74) is -0.500. The minimum absolute atomic E-state index is 0. The van der Waals surface area contributed by atoms with Gasteiger partial charge in [-0.15, -0.1) is 0 Å². The summed E-state index contributed by atoms with van der Waals surface area (Å²) in [6.45, 7) is 9.04. The fraction of sp³-hybridized carbons (Fsp3) is 0.917. The molecule has 0 bridgehead atoms. The van der Waals surface area contributed by atoms with E-state index < -0.39 is 5.60 Å². The molecule has 0 radical (unpaired) electrons. The second-order valence-corrected chi connectivity index (χ2v) is 5.07. The lowest BCUT2D eigenvalue weighted by Crippen LogP contribution is -2.40. The van der Waals surface area contributed by atoms with Gasteiger partial charge in [-0.25, -0.2) is 0 Å². The summed E-state index contributed by atoms with van der Waals surface area (Å²) in [5.74, 6) is -0.109. The van der Waals surface area contributed by atoms with Crippen LogP contribution in [0.2, 0.25) is 0 Å². The third kappa shape index (κ3) is 17.7. The van der Waals surface area contributed by atoms with Crippen LogP contribution in [0.25, 0.3) is 0 Å². The summed E-state index contributed by atoms with van der Waals surface area (Å²) >= 11 is 0. The molecule has 0 heterocycles. The second kappa shape index (κ2) is 11.4. The number of likely N-dealkylation sites (N-methyl/N-ethyl adjacent to an activating group) is 1. The molecule has 0 fully saturated rings. The highest BCUT2D eigenvalue weighted by molar-refractivity contribution is 5.76. The Kier molecular flexibility index (Phi) is 14.2. The van der Waals surface area contributed by atoms with E-state index in [2.05, 4.69) is 5.32 Å². The van der Waals surface area contributed by atoms with E-state index in [1.54, 1.807) is 27.8 Å². The molecule has 0 aliphatic heterocycles. The predicted octanol–water partition coefficient (Wildman–Crippen LogP) is -0.282. The van der Waals surface area contributed by atoms with Gasteiger partial charge in [0.25, 0.3) is 0 Å². The van der Waals surface area contributed by atoms with Crippen molar-refractivity contribution in [1.29, 1.82) is 0 Å². The zero-order valence-corrected chi connectivity index (χ0v) is 12.3. The highest BCUT2D eigenvalue weighted by Crippen LogP contribution is 2.02. The molecule has 18 heavy (non-hydrogen) atoms. The van der Waals surface area contributed by atoms with Gasteiger partial charge in [0.2, 0.25) is 0 Å². The number of aliphatic hydroxyl groups excluding tert-OH is 1. The molecule has 0 amide bonds. The van der Waals surface area contributed by atoms with Crippen molar-refractivity contribution in [2.45, 2.75) is 46.3 Å². The van der Waals surface area contributed by atoms with E-state index >= 15 is 0 Å². The molecule has 6 heteroatoms. The molecule has 0 aliphatic carbocycles. The van der Waals surface area contributed by atoms with Crippen LogP contribution >= 0.6 is 0 Å². The number of rotatable bonds is 5. The Balaban J connectivity index is -0.000000321. The zero-order valence-electron chi connectivity index (χ0n) is 12.3. The molecule has 0 saturated heterocycles. The lowest BCUT2D eigenvalue weighted by Gasteiger charge is -2.17. The fourth-order valence-corrected chi connectivity index (χ4v) is 0.959. The molecule has 1 atom stereocenters. The Hall–Kier alpha value is -0.690. The molecule has 0 saturated carbocycles. The van der Waals surface area contributed by atoms with Crippen molar-refractivity contribution in [3.8, 4) is 0 Å². The van der Waals surface area contributed by atoms with Gasteiger partial charge in [0.05, 0.1) is 12.2 Å². The summed E-state index contributed by atoms with van der Waals surface area (Å²) in [6.07, 6.45) is 0. The summed E-state index contributed by atoms with van der Waals surface area (Å²) in [6, 6.07) is -0.281. The van der Waals surface area contributed by atoms with Crippen LogP contribution < -0.4 is 5.32 Å². The number of esters is 1. The zero-order chi connectivity index (χ0) is 14.1. The first kappa shape index (κ1) is 22.5.